The second kappa shape index (κ2) is 4.40. The summed E-state index contributed by atoms with van der Waals surface area (Å²) in [6.07, 6.45) is 0. The summed E-state index contributed by atoms with van der Waals surface area (Å²) >= 11 is 5.46. The largest absolute Gasteiger partial charge is 0.246 e. The second-order valence-corrected chi connectivity index (χ2v) is 3.87. The molecule has 0 atom stereocenters. The number of halogens is 3. The highest BCUT2D eigenvalue weighted by atomic mass is 127. The minimum atomic E-state index is -0.375. The van der Waals surface area contributed by atoms with Crippen molar-refractivity contribution in [3.63, 3.8) is 0 Å². The van der Waals surface area contributed by atoms with Gasteiger partial charge in [0.05, 0.1) is 0 Å². The van der Waals surface area contributed by atoms with E-state index in [0.717, 1.165) is 20.0 Å². The van der Waals surface area contributed by atoms with Crippen molar-refractivity contribution < 1.29 is 4.39 Å². The lowest BCUT2D eigenvalue weighted by molar-refractivity contribution is 0.482. The Kier molecular flexibility index (Phi) is 3.78. The van der Waals surface area contributed by atoms with Crippen LogP contribution >= 0.6 is 38.5 Å². The van der Waals surface area contributed by atoms with Gasteiger partial charge in [-0.2, -0.15) is 0 Å². The predicted molar refractivity (Wildman–Crippen MR) is 56.6 cm³/mol. The first-order valence-electron chi connectivity index (χ1n) is 3.17. The molecule has 0 fully saturated rings. The number of hydrogen-bond acceptors (Lipinski definition) is 0. The molecule has 3 heteroatoms. The van der Waals surface area contributed by atoms with E-state index in [0.29, 0.717) is 0 Å². The van der Waals surface area contributed by atoms with Crippen LogP contribution in [0.25, 0.3) is 0 Å². The van der Waals surface area contributed by atoms with Crippen LogP contribution in [0.4, 0.5) is 4.39 Å². The fourth-order valence-corrected chi connectivity index (χ4v) is 2.10. The van der Waals surface area contributed by atoms with E-state index in [2.05, 4.69) is 38.5 Å². The van der Waals surface area contributed by atoms with Crippen LogP contribution in [0, 0.1) is 3.57 Å². The van der Waals surface area contributed by atoms with E-state index < -0.39 is 0 Å². The molecule has 0 spiro atoms. The summed E-state index contributed by atoms with van der Waals surface area (Å²) in [6, 6.07) is 5.80. The SMILES string of the molecule is FCc1c(I)cccc1CBr. The summed E-state index contributed by atoms with van der Waals surface area (Å²) in [7, 11) is 0. The molecular formula is C8H7BrFI. The lowest BCUT2D eigenvalue weighted by Crippen LogP contribution is -1.91. The van der Waals surface area contributed by atoms with Gasteiger partial charge >= 0.3 is 0 Å². The van der Waals surface area contributed by atoms with Crippen LogP contribution in [0.3, 0.4) is 0 Å². The van der Waals surface area contributed by atoms with Crippen LogP contribution in [-0.2, 0) is 12.0 Å². The number of alkyl halides is 2. The summed E-state index contributed by atoms with van der Waals surface area (Å²) in [4.78, 5) is 0. The molecule has 1 rings (SSSR count). The number of hydrogen-bond donors (Lipinski definition) is 0. The molecule has 0 nitrogen and oxygen atoms in total. The lowest BCUT2D eigenvalue weighted by Gasteiger charge is -2.04. The summed E-state index contributed by atoms with van der Waals surface area (Å²) in [5.74, 6) is 0. The Bertz CT molecular complexity index is 250. The first kappa shape index (κ1) is 9.45. The molecule has 0 amide bonds. The standard InChI is InChI=1S/C8H7BrFI/c9-4-6-2-1-3-8(11)7(6)5-10/h1-3H,4-5H2. The maximum Gasteiger partial charge on any atom is 0.116 e. The van der Waals surface area contributed by atoms with E-state index >= 15 is 0 Å². The molecule has 0 unspecified atom stereocenters. The van der Waals surface area contributed by atoms with Gasteiger partial charge in [0.2, 0.25) is 0 Å². The molecular weight excluding hydrogens is 322 g/mol. The Morgan fingerprint density at radius 2 is 2.18 bits per heavy atom. The van der Waals surface area contributed by atoms with Gasteiger partial charge in [0.15, 0.2) is 0 Å². The van der Waals surface area contributed by atoms with Crippen LogP contribution in [0.5, 0.6) is 0 Å². The fourth-order valence-electron chi connectivity index (χ4n) is 0.878. The Morgan fingerprint density at radius 1 is 1.45 bits per heavy atom. The number of benzene rings is 1. The van der Waals surface area contributed by atoms with Crippen LogP contribution in [-0.4, -0.2) is 0 Å². The third kappa shape index (κ3) is 2.15. The predicted octanol–water partition coefficient (Wildman–Crippen LogP) is 3.66. The molecule has 0 aliphatic rings. The molecule has 0 heterocycles. The minimum Gasteiger partial charge on any atom is -0.246 e. The van der Waals surface area contributed by atoms with E-state index in [1.165, 1.54) is 0 Å². The fraction of sp³-hybridized carbons (Fsp3) is 0.250. The van der Waals surface area contributed by atoms with Crippen molar-refractivity contribution in [3.05, 3.63) is 32.9 Å². The average molecular weight is 329 g/mol. The Hall–Kier alpha value is 0.360. The van der Waals surface area contributed by atoms with Gasteiger partial charge < -0.3 is 0 Å². The topological polar surface area (TPSA) is 0 Å². The van der Waals surface area contributed by atoms with Gasteiger partial charge in [0, 0.05) is 14.5 Å². The summed E-state index contributed by atoms with van der Waals surface area (Å²) < 4.78 is 13.4. The molecule has 1 aromatic rings. The summed E-state index contributed by atoms with van der Waals surface area (Å²) in [5.41, 5.74) is 1.85. The summed E-state index contributed by atoms with van der Waals surface area (Å²) in [5, 5.41) is 0.725. The molecule has 1 aromatic carbocycles. The molecule has 0 radical (unpaired) electrons. The van der Waals surface area contributed by atoms with Gasteiger partial charge in [-0.25, -0.2) is 4.39 Å². The highest BCUT2D eigenvalue weighted by Crippen LogP contribution is 2.20. The summed E-state index contributed by atoms with van der Waals surface area (Å²) in [6.45, 7) is -0.375. The van der Waals surface area contributed by atoms with E-state index in [4.69, 9.17) is 0 Å². The zero-order valence-electron chi connectivity index (χ0n) is 5.78. The quantitative estimate of drug-likeness (QED) is 0.574. The van der Waals surface area contributed by atoms with Crippen molar-refractivity contribution in [3.8, 4) is 0 Å². The molecule has 0 aliphatic heterocycles. The monoisotopic (exact) mass is 328 g/mol. The zero-order chi connectivity index (χ0) is 8.27. The first-order valence-corrected chi connectivity index (χ1v) is 5.37. The molecule has 0 N–H and O–H groups in total. The van der Waals surface area contributed by atoms with E-state index in [1.807, 2.05) is 18.2 Å². The van der Waals surface area contributed by atoms with E-state index in [-0.39, 0.29) is 6.67 Å². The van der Waals surface area contributed by atoms with Gasteiger partial charge in [0.25, 0.3) is 0 Å². The van der Waals surface area contributed by atoms with Crippen molar-refractivity contribution in [1.29, 1.82) is 0 Å². The molecule has 0 aromatic heterocycles. The van der Waals surface area contributed by atoms with E-state index in [9.17, 15) is 4.39 Å². The zero-order valence-corrected chi connectivity index (χ0v) is 9.52. The molecule has 11 heavy (non-hydrogen) atoms. The van der Waals surface area contributed by atoms with E-state index in [1.54, 1.807) is 0 Å². The maximum absolute atomic E-state index is 12.4. The van der Waals surface area contributed by atoms with Crippen LogP contribution in [0.1, 0.15) is 11.1 Å². The maximum atomic E-state index is 12.4. The molecule has 0 aliphatic carbocycles. The second-order valence-electron chi connectivity index (χ2n) is 2.14. The molecule has 0 bridgehead atoms. The number of rotatable bonds is 2. The van der Waals surface area contributed by atoms with Crippen LogP contribution in [0.15, 0.2) is 18.2 Å². The van der Waals surface area contributed by atoms with Crippen molar-refractivity contribution in [2.24, 2.45) is 0 Å². The van der Waals surface area contributed by atoms with Crippen LogP contribution < -0.4 is 0 Å². The van der Waals surface area contributed by atoms with Gasteiger partial charge in [-0.15, -0.1) is 0 Å². The molecule has 0 saturated carbocycles. The lowest BCUT2D eigenvalue weighted by atomic mass is 10.1. The molecule has 0 saturated heterocycles. The third-order valence-corrected chi connectivity index (χ3v) is 3.11. The van der Waals surface area contributed by atoms with Gasteiger partial charge in [-0.3, -0.25) is 0 Å². The van der Waals surface area contributed by atoms with Crippen molar-refractivity contribution in [2.75, 3.05) is 0 Å². The first-order chi connectivity index (χ1) is 5.29. The van der Waals surface area contributed by atoms with Crippen molar-refractivity contribution in [2.45, 2.75) is 12.0 Å². The smallest absolute Gasteiger partial charge is 0.116 e. The van der Waals surface area contributed by atoms with Gasteiger partial charge in [-0.1, -0.05) is 28.1 Å². The van der Waals surface area contributed by atoms with Crippen LogP contribution in [0.2, 0.25) is 0 Å². The van der Waals surface area contributed by atoms with Gasteiger partial charge in [-0.05, 0) is 34.2 Å². The molecule has 60 valence electrons. The Balaban J connectivity index is 3.13. The highest BCUT2D eigenvalue weighted by molar-refractivity contribution is 14.1. The van der Waals surface area contributed by atoms with Crippen molar-refractivity contribution in [1.82, 2.24) is 0 Å². The van der Waals surface area contributed by atoms with Crippen molar-refractivity contribution >= 4 is 38.5 Å². The van der Waals surface area contributed by atoms with Gasteiger partial charge in [0.1, 0.15) is 6.67 Å². The normalized spacial score (nSPS) is 10.1. The third-order valence-electron chi connectivity index (χ3n) is 1.49. The average Bonchev–Trinajstić information content (AvgIpc) is 2.04. The Labute approximate surface area is 87.5 Å². The minimum absolute atomic E-state index is 0.375. The Morgan fingerprint density at radius 3 is 2.64 bits per heavy atom. The highest BCUT2D eigenvalue weighted by Gasteiger charge is 2.03.